The molecule has 1 amide bonds. The van der Waals surface area contributed by atoms with Crippen LogP contribution in [0.15, 0.2) is 12.2 Å². The van der Waals surface area contributed by atoms with Gasteiger partial charge in [-0.05, 0) is 32.1 Å². The minimum Gasteiger partial charge on any atom is -0.350 e. The van der Waals surface area contributed by atoms with E-state index in [1.165, 1.54) is 57.8 Å². The van der Waals surface area contributed by atoms with E-state index in [4.69, 9.17) is 20.4 Å². The zero-order valence-corrected chi connectivity index (χ0v) is 19.1. The minimum atomic E-state index is -4.29. The van der Waals surface area contributed by atoms with Gasteiger partial charge in [-0.3, -0.25) is 4.79 Å². The highest BCUT2D eigenvalue weighted by molar-refractivity contribution is 7.53. The zero-order valence-electron chi connectivity index (χ0n) is 18.2. The van der Waals surface area contributed by atoms with E-state index in [-0.39, 0.29) is 19.1 Å². The molecule has 0 aromatic rings. The topological polar surface area (TPSA) is 125 Å². The third kappa shape index (κ3) is 22.0. The smallest absolute Gasteiger partial charge is 0.350 e. The Hall–Kier alpha value is -0.560. The molecule has 0 saturated heterocycles. The maximum atomic E-state index is 11.9. The van der Waals surface area contributed by atoms with Gasteiger partial charge in [0.05, 0.1) is 6.04 Å². The highest BCUT2D eigenvalue weighted by Crippen LogP contribution is 2.45. The van der Waals surface area contributed by atoms with Crippen molar-refractivity contribution in [2.45, 2.75) is 103 Å². The highest BCUT2D eigenvalue weighted by Gasteiger charge is 2.34. The van der Waals surface area contributed by atoms with Crippen LogP contribution in [0.4, 0.5) is 0 Å². The summed E-state index contributed by atoms with van der Waals surface area (Å²) in [4.78, 5) is 38.2. The third-order valence-corrected chi connectivity index (χ3v) is 5.26. The van der Waals surface area contributed by atoms with Gasteiger partial charge in [-0.25, -0.2) is 0 Å². The molecule has 0 aliphatic rings. The van der Waals surface area contributed by atoms with Gasteiger partial charge in [0, 0.05) is 13.0 Å². The lowest BCUT2D eigenvalue weighted by Crippen LogP contribution is -2.43. The van der Waals surface area contributed by atoms with Crippen molar-refractivity contribution in [1.29, 1.82) is 0 Å². The summed E-state index contributed by atoms with van der Waals surface area (Å²) in [5, 5.41) is 2.68. The minimum absolute atomic E-state index is 0.0954. The van der Waals surface area contributed by atoms with Crippen molar-refractivity contribution in [3.8, 4) is 0 Å². The van der Waals surface area contributed by atoms with Crippen LogP contribution in [0, 0.1) is 0 Å². The van der Waals surface area contributed by atoms with Crippen LogP contribution in [0.1, 0.15) is 96.8 Å². The monoisotopic (exact) mass is 435 g/mol. The van der Waals surface area contributed by atoms with Crippen LogP contribution in [0.2, 0.25) is 0 Å². The van der Waals surface area contributed by atoms with E-state index < -0.39 is 14.2 Å². The molecule has 172 valence electrons. The molecule has 0 aliphatic heterocycles. The first-order valence-corrected chi connectivity index (χ1v) is 12.8. The Kier molecular flexibility index (Phi) is 19.0. The Morgan fingerprint density at radius 2 is 1.45 bits per heavy atom. The molecule has 0 spiro atoms. The predicted octanol–water partition coefficient (Wildman–Crippen LogP) is 4.14. The highest BCUT2D eigenvalue weighted by atomic mass is 31.2. The van der Waals surface area contributed by atoms with Gasteiger partial charge in [0.15, 0.2) is 0 Å². The summed E-state index contributed by atoms with van der Waals surface area (Å²) in [5.41, 5.74) is 5.50. The van der Waals surface area contributed by atoms with Crippen molar-refractivity contribution in [1.82, 2.24) is 5.32 Å². The van der Waals surface area contributed by atoms with Gasteiger partial charge >= 0.3 is 8.17 Å². The fourth-order valence-corrected chi connectivity index (χ4v) is 3.39. The van der Waals surface area contributed by atoms with Gasteiger partial charge in [0.25, 0.3) is 0 Å². The average molecular weight is 436 g/mol. The van der Waals surface area contributed by atoms with Crippen LogP contribution in [-0.2, 0) is 9.32 Å². The molecule has 0 heterocycles. The first kappa shape index (κ1) is 28.4. The molecule has 0 aliphatic carbocycles. The number of allylic oxidation sites excluding steroid dienone is 2. The Morgan fingerprint density at radius 3 is 1.97 bits per heavy atom. The van der Waals surface area contributed by atoms with E-state index >= 15 is 0 Å². The molecule has 1 atom stereocenters. The van der Waals surface area contributed by atoms with Crippen molar-refractivity contribution < 1.29 is 24.0 Å². The maximum absolute atomic E-state index is 11.9. The number of nitrogens with one attached hydrogen (secondary N) is 1. The van der Waals surface area contributed by atoms with Crippen LogP contribution in [0.25, 0.3) is 0 Å². The van der Waals surface area contributed by atoms with E-state index in [0.717, 1.165) is 25.7 Å². The number of unbranched alkanes of at least 4 members (excludes halogenated alkanes) is 11. The van der Waals surface area contributed by atoms with E-state index in [1.807, 2.05) is 0 Å². The summed E-state index contributed by atoms with van der Waals surface area (Å²) < 4.78 is 4.49. The number of hydrogen-bond donors (Lipinski definition) is 5. The lowest BCUT2D eigenvalue weighted by molar-refractivity contribution is -0.122. The largest absolute Gasteiger partial charge is 0.567 e. The Labute approximate surface area is 177 Å². The van der Waals surface area contributed by atoms with Gasteiger partial charge in [-0.2, -0.15) is 19.2 Å². The predicted molar refractivity (Wildman–Crippen MR) is 120 cm³/mol. The van der Waals surface area contributed by atoms with Crippen LogP contribution in [0.3, 0.4) is 0 Å². The van der Waals surface area contributed by atoms with E-state index in [1.54, 1.807) is 0 Å². The molecule has 8 heteroatoms. The molecule has 0 rings (SSSR count). The van der Waals surface area contributed by atoms with Crippen LogP contribution >= 0.6 is 8.17 Å². The molecular weight excluding hydrogens is 391 g/mol. The lowest BCUT2D eigenvalue weighted by atomic mass is 10.1. The van der Waals surface area contributed by atoms with Gasteiger partial charge in [0.1, 0.15) is 6.61 Å². The molecule has 0 aromatic heterocycles. The molecule has 0 unspecified atom stereocenters. The fourth-order valence-electron chi connectivity index (χ4n) is 3.01. The van der Waals surface area contributed by atoms with Gasteiger partial charge in [-0.15, -0.1) is 0 Å². The second kappa shape index (κ2) is 19.4. The lowest BCUT2D eigenvalue weighted by Gasteiger charge is -2.15. The molecule has 29 heavy (non-hydrogen) atoms. The number of rotatable bonds is 20. The summed E-state index contributed by atoms with van der Waals surface area (Å²) in [6, 6.07) is -0.545. The summed E-state index contributed by atoms with van der Waals surface area (Å²) in [5.74, 6) is -0.139. The molecular formula is C21H44N2O5P+. The standard InChI is InChI=1S/C21H43N2O5P/c1-2-3-4-5-6-7-8-9-10-11-12-13-14-15-16-17-21(24)23-20(18-22)19-28-29(25,26)27/h9-10,20,25-27H,2-8,11-19,22H2,1H3/p+1/b10-9-/t20-/m1/s1. The van der Waals surface area contributed by atoms with E-state index in [0.29, 0.717) is 6.42 Å². The Balaban J connectivity index is 3.48. The molecule has 7 nitrogen and oxygen atoms in total. The number of amides is 1. The molecule has 0 fully saturated rings. The average Bonchev–Trinajstić information content (AvgIpc) is 2.67. The van der Waals surface area contributed by atoms with Crippen molar-refractivity contribution in [2.24, 2.45) is 5.73 Å². The van der Waals surface area contributed by atoms with Crippen LogP contribution in [-0.4, -0.2) is 39.8 Å². The maximum Gasteiger partial charge on any atom is 0.567 e. The van der Waals surface area contributed by atoms with Gasteiger partial charge < -0.3 is 11.1 Å². The second-order valence-electron chi connectivity index (χ2n) is 7.64. The molecule has 0 radical (unpaired) electrons. The summed E-state index contributed by atoms with van der Waals surface area (Å²) >= 11 is 0. The first-order chi connectivity index (χ1) is 13.9. The SMILES string of the molecule is CCCCCCCC/C=C\CCCCCCCC(=O)N[C@H](CN)CO[P+](O)(O)O. The number of carbonyl (C=O) groups excluding carboxylic acids is 1. The fraction of sp³-hybridized carbons (Fsp3) is 0.857. The van der Waals surface area contributed by atoms with Crippen molar-refractivity contribution >= 4 is 14.1 Å². The second-order valence-corrected chi connectivity index (χ2v) is 8.93. The zero-order chi connectivity index (χ0) is 21.8. The summed E-state index contributed by atoms with van der Waals surface area (Å²) in [6.45, 7) is 2.11. The first-order valence-electron chi connectivity index (χ1n) is 11.2. The summed E-state index contributed by atoms with van der Waals surface area (Å²) in [6.07, 6.45) is 20.8. The summed E-state index contributed by atoms with van der Waals surface area (Å²) in [7, 11) is -4.29. The molecule has 0 bridgehead atoms. The van der Waals surface area contributed by atoms with Crippen molar-refractivity contribution in [3.63, 3.8) is 0 Å². The number of hydrogen-bond acceptors (Lipinski definition) is 6. The van der Waals surface area contributed by atoms with Crippen LogP contribution < -0.4 is 11.1 Å². The third-order valence-electron chi connectivity index (χ3n) is 4.76. The van der Waals surface area contributed by atoms with E-state index in [9.17, 15) is 4.79 Å². The normalized spacial score (nSPS) is 13.1. The Morgan fingerprint density at radius 1 is 0.931 bits per heavy atom. The molecule has 6 N–H and O–H groups in total. The van der Waals surface area contributed by atoms with Gasteiger partial charge in [-0.1, -0.05) is 70.4 Å². The molecule has 0 aromatic carbocycles. The van der Waals surface area contributed by atoms with Gasteiger partial charge in [0.2, 0.25) is 5.91 Å². The molecule has 0 saturated carbocycles. The van der Waals surface area contributed by atoms with Crippen molar-refractivity contribution in [3.05, 3.63) is 12.2 Å². The number of nitrogens with two attached hydrogens (primary N) is 1. The number of carbonyl (C=O) groups is 1. The quantitative estimate of drug-likeness (QED) is 0.111. The Bertz CT molecular complexity index is 416. The van der Waals surface area contributed by atoms with E-state index in [2.05, 4.69) is 28.9 Å². The van der Waals surface area contributed by atoms with Crippen molar-refractivity contribution in [2.75, 3.05) is 13.2 Å². The van der Waals surface area contributed by atoms with Crippen LogP contribution in [0.5, 0.6) is 0 Å².